The molecule has 1 N–H and O–H groups in total. The Morgan fingerprint density at radius 2 is 1.44 bits per heavy atom. The number of rotatable bonds is 11. The highest BCUT2D eigenvalue weighted by atomic mass is 32.2. The Labute approximate surface area is 230 Å². The molecular formula is C30H36FN3O4S. The Bertz CT molecular complexity index is 1390. The normalized spacial score (nSPS) is 12.2. The number of hydrogen-bond donors (Lipinski definition) is 1. The lowest BCUT2D eigenvalue weighted by Gasteiger charge is -2.32. The maximum atomic E-state index is 14.6. The first-order valence-electron chi connectivity index (χ1n) is 12.9. The molecule has 9 heteroatoms. The number of hydrogen-bond acceptors (Lipinski definition) is 4. The van der Waals surface area contributed by atoms with E-state index in [2.05, 4.69) is 5.32 Å². The molecule has 0 bridgehead atoms. The van der Waals surface area contributed by atoms with Gasteiger partial charge in [-0.05, 0) is 57.0 Å². The van der Waals surface area contributed by atoms with E-state index in [1.165, 1.54) is 35.2 Å². The van der Waals surface area contributed by atoms with E-state index in [0.29, 0.717) is 12.2 Å². The van der Waals surface area contributed by atoms with Gasteiger partial charge in [0.1, 0.15) is 18.4 Å². The van der Waals surface area contributed by atoms with E-state index in [1.807, 2.05) is 27.7 Å². The fourth-order valence-electron chi connectivity index (χ4n) is 3.92. The van der Waals surface area contributed by atoms with Crippen molar-refractivity contribution >= 4 is 27.5 Å². The summed E-state index contributed by atoms with van der Waals surface area (Å²) in [5.41, 5.74) is 2.34. The van der Waals surface area contributed by atoms with Crippen molar-refractivity contribution in [2.24, 2.45) is 5.92 Å². The van der Waals surface area contributed by atoms with Gasteiger partial charge in [-0.25, -0.2) is 12.8 Å². The molecule has 3 aromatic rings. The summed E-state index contributed by atoms with van der Waals surface area (Å²) in [5.74, 6) is -1.38. The van der Waals surface area contributed by atoms with Gasteiger partial charge in [0.25, 0.3) is 10.0 Å². The van der Waals surface area contributed by atoms with Crippen LogP contribution in [-0.4, -0.2) is 44.3 Å². The zero-order valence-corrected chi connectivity index (χ0v) is 23.8. The molecule has 0 aromatic heterocycles. The van der Waals surface area contributed by atoms with Gasteiger partial charge >= 0.3 is 0 Å². The van der Waals surface area contributed by atoms with Crippen LogP contribution in [0.1, 0.15) is 37.5 Å². The van der Waals surface area contributed by atoms with Crippen molar-refractivity contribution in [2.45, 2.75) is 52.1 Å². The van der Waals surface area contributed by atoms with Crippen molar-refractivity contribution in [3.63, 3.8) is 0 Å². The largest absolute Gasteiger partial charge is 0.354 e. The minimum absolute atomic E-state index is 0.0323. The maximum absolute atomic E-state index is 14.6. The number of carbonyl (C=O) groups is 2. The molecule has 208 valence electrons. The van der Waals surface area contributed by atoms with Crippen LogP contribution in [0.15, 0.2) is 77.7 Å². The molecule has 0 fully saturated rings. The summed E-state index contributed by atoms with van der Waals surface area (Å²) in [4.78, 5) is 28.1. The number of halogens is 1. The Kier molecular flexibility index (Phi) is 9.86. The topological polar surface area (TPSA) is 86.8 Å². The summed E-state index contributed by atoms with van der Waals surface area (Å²) >= 11 is 0. The summed E-state index contributed by atoms with van der Waals surface area (Å²) in [6.45, 7) is 8.81. The molecule has 0 aliphatic carbocycles. The summed E-state index contributed by atoms with van der Waals surface area (Å²) in [7, 11) is -4.15. The Balaban J connectivity index is 2.01. The average Bonchev–Trinajstić information content (AvgIpc) is 2.90. The number of amides is 2. The number of sulfonamides is 1. The number of anilines is 1. The predicted molar refractivity (Wildman–Crippen MR) is 151 cm³/mol. The van der Waals surface area contributed by atoms with Crippen LogP contribution in [0, 0.1) is 25.6 Å². The molecule has 3 aromatic carbocycles. The van der Waals surface area contributed by atoms with E-state index in [4.69, 9.17) is 0 Å². The molecule has 0 aliphatic heterocycles. The van der Waals surface area contributed by atoms with Crippen LogP contribution >= 0.6 is 0 Å². The fraction of sp³-hybridized carbons (Fsp3) is 0.333. The fourth-order valence-corrected chi connectivity index (χ4v) is 5.34. The van der Waals surface area contributed by atoms with E-state index >= 15 is 0 Å². The van der Waals surface area contributed by atoms with Crippen LogP contribution in [0.3, 0.4) is 0 Å². The number of nitrogens with one attached hydrogen (secondary N) is 1. The van der Waals surface area contributed by atoms with Gasteiger partial charge in [0.05, 0.1) is 10.6 Å². The predicted octanol–water partition coefficient (Wildman–Crippen LogP) is 4.83. The van der Waals surface area contributed by atoms with E-state index in [1.54, 1.807) is 49.4 Å². The minimum Gasteiger partial charge on any atom is -0.354 e. The second-order valence-electron chi connectivity index (χ2n) is 10.1. The van der Waals surface area contributed by atoms with Crippen LogP contribution < -0.4 is 9.62 Å². The summed E-state index contributed by atoms with van der Waals surface area (Å²) in [6.07, 6.45) is 0. The molecule has 0 radical (unpaired) electrons. The molecule has 0 unspecified atom stereocenters. The highest BCUT2D eigenvalue weighted by Crippen LogP contribution is 2.25. The van der Waals surface area contributed by atoms with E-state index in [-0.39, 0.29) is 22.9 Å². The first-order chi connectivity index (χ1) is 18.4. The summed E-state index contributed by atoms with van der Waals surface area (Å²) in [5, 5.41) is 2.81. The molecule has 0 heterocycles. The van der Waals surface area contributed by atoms with E-state index in [0.717, 1.165) is 15.4 Å². The molecule has 3 rings (SSSR count). The Morgan fingerprint density at radius 3 is 2.00 bits per heavy atom. The third-order valence-corrected chi connectivity index (χ3v) is 8.15. The molecule has 0 saturated carbocycles. The van der Waals surface area contributed by atoms with E-state index in [9.17, 15) is 22.4 Å². The minimum atomic E-state index is -4.15. The van der Waals surface area contributed by atoms with Gasteiger partial charge in [0, 0.05) is 18.7 Å². The number of carbonyl (C=O) groups excluding carboxylic acids is 2. The molecule has 2 amide bonds. The number of nitrogens with zero attached hydrogens (tertiary/aromatic N) is 2. The highest BCUT2D eigenvalue weighted by molar-refractivity contribution is 7.92. The monoisotopic (exact) mass is 553 g/mol. The Morgan fingerprint density at radius 1 is 0.872 bits per heavy atom. The van der Waals surface area contributed by atoms with Gasteiger partial charge in [-0.15, -0.1) is 0 Å². The van der Waals surface area contributed by atoms with Crippen molar-refractivity contribution in [1.29, 1.82) is 0 Å². The molecule has 39 heavy (non-hydrogen) atoms. The molecule has 0 saturated heterocycles. The lowest BCUT2D eigenvalue weighted by atomic mass is 10.1. The Hall–Kier alpha value is -3.72. The molecule has 0 aliphatic rings. The molecule has 7 nitrogen and oxygen atoms in total. The lowest BCUT2D eigenvalue weighted by molar-refractivity contribution is -0.139. The second-order valence-corrected chi connectivity index (χ2v) is 12.0. The van der Waals surface area contributed by atoms with Crippen molar-refractivity contribution in [2.75, 3.05) is 17.4 Å². The number of aryl methyl sites for hydroxylation is 2. The standard InChI is InChI=1S/C30H36FN3O4S/c1-21(2)18-32-30(36)24(5)33(19-25-8-6-7-9-28(25)31)29(35)20-34(26-14-10-22(3)11-15-26)39(37,38)27-16-12-23(4)13-17-27/h6-17,21,24H,18-20H2,1-5H3,(H,32,36)/t24-/m1/s1. The lowest BCUT2D eigenvalue weighted by Crippen LogP contribution is -2.51. The molecular weight excluding hydrogens is 517 g/mol. The second kappa shape index (κ2) is 12.9. The van der Waals surface area contributed by atoms with Crippen LogP contribution in [0.5, 0.6) is 0 Å². The average molecular weight is 554 g/mol. The zero-order chi connectivity index (χ0) is 28.7. The van der Waals surface area contributed by atoms with Crippen molar-refractivity contribution in [3.8, 4) is 0 Å². The SMILES string of the molecule is Cc1ccc(N(CC(=O)N(Cc2ccccc2F)[C@H](C)C(=O)NCC(C)C)S(=O)(=O)c2ccc(C)cc2)cc1. The van der Waals surface area contributed by atoms with Crippen LogP contribution in [0.25, 0.3) is 0 Å². The van der Waals surface area contributed by atoms with Crippen molar-refractivity contribution in [3.05, 3.63) is 95.3 Å². The zero-order valence-electron chi connectivity index (χ0n) is 23.0. The van der Waals surface area contributed by atoms with E-state index < -0.39 is 40.2 Å². The first-order valence-corrected chi connectivity index (χ1v) is 14.3. The van der Waals surface area contributed by atoms with Gasteiger partial charge < -0.3 is 10.2 Å². The van der Waals surface area contributed by atoms with Gasteiger partial charge in [-0.1, -0.05) is 67.4 Å². The van der Waals surface area contributed by atoms with Gasteiger partial charge in [-0.3, -0.25) is 13.9 Å². The van der Waals surface area contributed by atoms with Crippen LogP contribution in [0.2, 0.25) is 0 Å². The van der Waals surface area contributed by atoms with Crippen molar-refractivity contribution < 1.29 is 22.4 Å². The van der Waals surface area contributed by atoms with Crippen LogP contribution in [-0.2, 0) is 26.2 Å². The van der Waals surface area contributed by atoms with Gasteiger partial charge in [0.2, 0.25) is 11.8 Å². The summed E-state index contributed by atoms with van der Waals surface area (Å²) < 4.78 is 43.2. The van der Waals surface area contributed by atoms with Crippen molar-refractivity contribution in [1.82, 2.24) is 10.2 Å². The quantitative estimate of drug-likeness (QED) is 0.369. The highest BCUT2D eigenvalue weighted by Gasteiger charge is 2.32. The molecule has 0 spiro atoms. The first kappa shape index (κ1) is 29.8. The van der Waals surface area contributed by atoms with Gasteiger partial charge in [0.15, 0.2) is 0 Å². The molecule has 1 atom stereocenters. The van der Waals surface area contributed by atoms with Crippen LogP contribution in [0.4, 0.5) is 10.1 Å². The number of benzene rings is 3. The maximum Gasteiger partial charge on any atom is 0.264 e. The van der Waals surface area contributed by atoms with Gasteiger partial charge in [-0.2, -0.15) is 0 Å². The third kappa shape index (κ3) is 7.66. The third-order valence-electron chi connectivity index (χ3n) is 6.36. The smallest absolute Gasteiger partial charge is 0.264 e. The summed E-state index contributed by atoms with van der Waals surface area (Å²) in [6, 6.07) is 18.2.